The van der Waals surface area contributed by atoms with Gasteiger partial charge in [-0.1, -0.05) is 0 Å². The molecule has 1 aromatic carbocycles. The Bertz CT molecular complexity index is 361. The third kappa shape index (κ3) is 7.08. The molecule has 1 N–H and O–H groups in total. The van der Waals surface area contributed by atoms with Crippen LogP contribution in [0.3, 0.4) is 0 Å². The van der Waals surface area contributed by atoms with Gasteiger partial charge in [-0.15, -0.1) is 0 Å². The van der Waals surface area contributed by atoms with E-state index in [0.717, 1.165) is 50.8 Å². The van der Waals surface area contributed by atoms with Crippen LogP contribution in [-0.4, -0.2) is 32.9 Å². The average molecular weight is 273 g/mol. The Morgan fingerprint density at radius 1 is 1.11 bits per heavy atom. The number of hydrogen-bond acceptors (Lipinski definition) is 3. The van der Waals surface area contributed by atoms with E-state index in [4.69, 9.17) is 9.47 Å². The van der Waals surface area contributed by atoms with Crippen molar-refractivity contribution in [2.24, 2.45) is 0 Å². The summed E-state index contributed by atoms with van der Waals surface area (Å²) in [5, 5.41) is 3.17. The summed E-state index contributed by atoms with van der Waals surface area (Å²) in [6, 6.07) is 3.18. The molecule has 3 nitrogen and oxygen atoms in total. The van der Waals surface area contributed by atoms with Crippen LogP contribution in [0.5, 0.6) is 5.75 Å². The molecule has 0 amide bonds. The van der Waals surface area contributed by atoms with Gasteiger partial charge < -0.3 is 14.8 Å². The Morgan fingerprint density at radius 2 is 1.95 bits per heavy atom. The predicted octanol–water partition coefficient (Wildman–Crippen LogP) is 2.75. The normalized spacial score (nSPS) is 10.7. The van der Waals surface area contributed by atoms with Crippen LogP contribution in [-0.2, 0) is 4.74 Å². The van der Waals surface area contributed by atoms with Crippen LogP contribution < -0.4 is 10.1 Å². The van der Waals surface area contributed by atoms with Crippen molar-refractivity contribution in [2.45, 2.75) is 19.8 Å². The second-order valence-corrected chi connectivity index (χ2v) is 4.08. The molecule has 0 atom stereocenters. The van der Waals surface area contributed by atoms with Crippen molar-refractivity contribution in [3.05, 3.63) is 29.8 Å². The van der Waals surface area contributed by atoms with Crippen LogP contribution in [0.15, 0.2) is 18.2 Å². The molecule has 0 heterocycles. The summed E-state index contributed by atoms with van der Waals surface area (Å²) in [4.78, 5) is 0. The van der Waals surface area contributed by atoms with Gasteiger partial charge in [0.1, 0.15) is 12.4 Å². The molecular formula is C14H21F2NO2. The van der Waals surface area contributed by atoms with Gasteiger partial charge in [-0.3, -0.25) is 0 Å². The zero-order chi connectivity index (χ0) is 13.9. The molecule has 0 aliphatic heterocycles. The van der Waals surface area contributed by atoms with E-state index in [1.165, 1.54) is 0 Å². The summed E-state index contributed by atoms with van der Waals surface area (Å²) >= 11 is 0. The molecule has 0 aliphatic rings. The number of ether oxygens (including phenoxy) is 2. The molecule has 0 aromatic heterocycles. The lowest BCUT2D eigenvalue weighted by Crippen LogP contribution is -2.22. The minimum atomic E-state index is -0.543. The van der Waals surface area contributed by atoms with E-state index in [0.29, 0.717) is 13.2 Å². The van der Waals surface area contributed by atoms with Crippen molar-refractivity contribution in [3.8, 4) is 5.75 Å². The summed E-state index contributed by atoms with van der Waals surface area (Å²) in [6.45, 7) is 5.28. The maximum atomic E-state index is 13.2. The van der Waals surface area contributed by atoms with E-state index in [9.17, 15) is 8.78 Å². The first-order valence-electron chi connectivity index (χ1n) is 6.60. The largest absolute Gasteiger partial charge is 0.489 e. The smallest absolute Gasteiger partial charge is 0.165 e. The first-order valence-corrected chi connectivity index (χ1v) is 6.60. The third-order valence-corrected chi connectivity index (χ3v) is 2.53. The van der Waals surface area contributed by atoms with E-state index in [1.807, 2.05) is 6.92 Å². The van der Waals surface area contributed by atoms with Crippen molar-refractivity contribution in [2.75, 3.05) is 32.9 Å². The fraction of sp³-hybridized carbons (Fsp3) is 0.571. The number of unbranched alkanes of at least 4 members (excludes halogenated alkanes) is 1. The van der Waals surface area contributed by atoms with Gasteiger partial charge in [0.25, 0.3) is 0 Å². The van der Waals surface area contributed by atoms with Gasteiger partial charge in [-0.25, -0.2) is 8.78 Å². The van der Waals surface area contributed by atoms with Gasteiger partial charge in [0.15, 0.2) is 11.6 Å². The second-order valence-electron chi connectivity index (χ2n) is 4.08. The highest BCUT2D eigenvalue weighted by atomic mass is 19.1. The number of hydrogen-bond donors (Lipinski definition) is 1. The van der Waals surface area contributed by atoms with Crippen molar-refractivity contribution in [1.82, 2.24) is 5.32 Å². The van der Waals surface area contributed by atoms with Crippen molar-refractivity contribution in [1.29, 1.82) is 0 Å². The monoisotopic (exact) mass is 273 g/mol. The van der Waals surface area contributed by atoms with Gasteiger partial charge in [0.05, 0.1) is 0 Å². The number of halogens is 2. The minimum Gasteiger partial charge on any atom is -0.489 e. The number of benzene rings is 1. The highest BCUT2D eigenvalue weighted by molar-refractivity contribution is 5.24. The van der Waals surface area contributed by atoms with E-state index in [-0.39, 0.29) is 5.75 Å². The molecule has 5 heteroatoms. The lowest BCUT2D eigenvalue weighted by molar-refractivity contribution is 0.143. The molecule has 19 heavy (non-hydrogen) atoms. The van der Waals surface area contributed by atoms with Crippen LogP contribution in [0.1, 0.15) is 19.8 Å². The van der Waals surface area contributed by atoms with Crippen LogP contribution in [0, 0.1) is 11.6 Å². The average Bonchev–Trinajstić information content (AvgIpc) is 2.40. The quantitative estimate of drug-likeness (QED) is 0.665. The molecule has 0 unspecified atom stereocenters. The SMILES string of the molecule is CCOCCCCNCCOc1cc(F)ccc1F. The maximum Gasteiger partial charge on any atom is 0.165 e. The second kappa shape index (κ2) is 9.69. The third-order valence-electron chi connectivity index (χ3n) is 2.53. The number of rotatable bonds is 10. The fourth-order valence-corrected chi connectivity index (χ4v) is 1.54. The Kier molecular flexibility index (Phi) is 8.09. The Labute approximate surface area is 112 Å². The van der Waals surface area contributed by atoms with E-state index in [1.54, 1.807) is 0 Å². The highest BCUT2D eigenvalue weighted by Crippen LogP contribution is 2.17. The van der Waals surface area contributed by atoms with Gasteiger partial charge in [-0.05, 0) is 38.4 Å². The standard InChI is InChI=1S/C14H21F2NO2/c1-2-18-9-4-3-7-17-8-10-19-14-11-12(15)5-6-13(14)16/h5-6,11,17H,2-4,7-10H2,1H3. The molecule has 108 valence electrons. The summed E-state index contributed by atoms with van der Waals surface area (Å²) in [7, 11) is 0. The molecule has 0 aliphatic carbocycles. The summed E-state index contributed by atoms with van der Waals surface area (Å²) in [5.41, 5.74) is 0. The number of nitrogens with one attached hydrogen (secondary N) is 1. The van der Waals surface area contributed by atoms with Crippen LogP contribution in [0.2, 0.25) is 0 Å². The minimum absolute atomic E-state index is 0.0434. The molecular weight excluding hydrogens is 252 g/mol. The molecule has 0 saturated heterocycles. The van der Waals surface area contributed by atoms with Gasteiger partial charge in [0.2, 0.25) is 0 Å². The molecule has 1 rings (SSSR count). The summed E-state index contributed by atoms with van der Waals surface area (Å²) in [5.74, 6) is -1.09. The first-order chi connectivity index (χ1) is 9.24. The Hall–Kier alpha value is -1.20. The lowest BCUT2D eigenvalue weighted by Gasteiger charge is -2.08. The van der Waals surface area contributed by atoms with Crippen LogP contribution in [0.25, 0.3) is 0 Å². The molecule has 0 fully saturated rings. The maximum absolute atomic E-state index is 13.2. The van der Waals surface area contributed by atoms with E-state index in [2.05, 4.69) is 5.32 Å². The molecule has 0 saturated carbocycles. The molecule has 0 bridgehead atoms. The molecule has 0 radical (unpaired) electrons. The molecule has 0 spiro atoms. The van der Waals surface area contributed by atoms with E-state index >= 15 is 0 Å². The topological polar surface area (TPSA) is 30.5 Å². The van der Waals surface area contributed by atoms with Crippen LogP contribution >= 0.6 is 0 Å². The zero-order valence-corrected chi connectivity index (χ0v) is 11.3. The van der Waals surface area contributed by atoms with Gasteiger partial charge >= 0.3 is 0 Å². The first kappa shape index (κ1) is 15.9. The summed E-state index contributed by atoms with van der Waals surface area (Å²) in [6.07, 6.45) is 2.04. The highest BCUT2D eigenvalue weighted by Gasteiger charge is 2.04. The van der Waals surface area contributed by atoms with Crippen LogP contribution in [0.4, 0.5) is 8.78 Å². The Morgan fingerprint density at radius 3 is 2.74 bits per heavy atom. The van der Waals surface area contributed by atoms with E-state index < -0.39 is 11.6 Å². The van der Waals surface area contributed by atoms with Gasteiger partial charge in [0, 0.05) is 25.8 Å². The lowest BCUT2D eigenvalue weighted by atomic mass is 10.3. The zero-order valence-electron chi connectivity index (χ0n) is 11.3. The predicted molar refractivity (Wildman–Crippen MR) is 70.4 cm³/mol. The van der Waals surface area contributed by atoms with Crippen molar-refractivity contribution < 1.29 is 18.3 Å². The molecule has 1 aromatic rings. The van der Waals surface area contributed by atoms with Crippen molar-refractivity contribution in [3.63, 3.8) is 0 Å². The Balaban J connectivity index is 2.03. The van der Waals surface area contributed by atoms with Crippen molar-refractivity contribution >= 4 is 0 Å². The van der Waals surface area contributed by atoms with Gasteiger partial charge in [-0.2, -0.15) is 0 Å². The fourth-order valence-electron chi connectivity index (χ4n) is 1.54. The summed E-state index contributed by atoms with van der Waals surface area (Å²) < 4.78 is 36.4.